The van der Waals surface area contributed by atoms with Crippen LogP contribution in [0.5, 0.6) is 0 Å². The van der Waals surface area contributed by atoms with E-state index in [2.05, 4.69) is 72.6 Å². The number of nitrogens with zero attached hydrogens (tertiary/aromatic N) is 2. The molecule has 5 rings (SSSR count). The second-order valence-electron chi connectivity index (χ2n) is 6.42. The highest BCUT2D eigenvalue weighted by molar-refractivity contribution is 6.09. The van der Waals surface area contributed by atoms with Gasteiger partial charge in [0.15, 0.2) is 0 Å². The Kier molecular flexibility index (Phi) is 2.28. The van der Waals surface area contributed by atoms with E-state index in [1.54, 1.807) is 0 Å². The van der Waals surface area contributed by atoms with Crippen LogP contribution >= 0.6 is 0 Å². The number of pyridine rings is 1. The normalized spacial score (nSPS) is 12.1. The zero-order valence-corrected chi connectivity index (χ0v) is 13.4. The summed E-state index contributed by atoms with van der Waals surface area (Å²) < 4.78 is 2.26. The summed E-state index contributed by atoms with van der Waals surface area (Å²) in [6, 6.07) is 15.1. The molecular weight excluding hydrogens is 282 g/mol. The molecule has 0 bridgehead atoms. The first-order chi connectivity index (χ1) is 11.1. The summed E-state index contributed by atoms with van der Waals surface area (Å²) in [6.45, 7) is 6.47. The minimum atomic E-state index is 1.01. The third-order valence-electron chi connectivity index (χ3n) is 5.01. The summed E-state index contributed by atoms with van der Waals surface area (Å²) >= 11 is 0. The molecule has 0 saturated carbocycles. The molecule has 112 valence electrons. The molecule has 5 aromatic rings. The van der Waals surface area contributed by atoms with Crippen LogP contribution in [0.3, 0.4) is 0 Å². The molecule has 0 radical (unpaired) electrons. The summed E-state index contributed by atoms with van der Waals surface area (Å²) in [5, 5.41) is 2.50. The van der Waals surface area contributed by atoms with Crippen LogP contribution < -0.4 is 0 Å². The van der Waals surface area contributed by atoms with Crippen molar-refractivity contribution in [2.45, 2.75) is 20.8 Å². The lowest BCUT2D eigenvalue weighted by Crippen LogP contribution is -1.93. The van der Waals surface area contributed by atoms with Gasteiger partial charge >= 0.3 is 0 Å². The Morgan fingerprint density at radius 2 is 1.70 bits per heavy atom. The number of nitrogens with one attached hydrogen (secondary N) is 1. The number of para-hydroxylation sites is 1. The number of benzene rings is 2. The van der Waals surface area contributed by atoms with Crippen LogP contribution in [-0.4, -0.2) is 14.4 Å². The van der Waals surface area contributed by atoms with Crippen molar-refractivity contribution in [3.05, 3.63) is 59.3 Å². The number of fused-ring (bicyclic) bond motifs is 6. The molecule has 23 heavy (non-hydrogen) atoms. The van der Waals surface area contributed by atoms with Crippen molar-refractivity contribution < 1.29 is 0 Å². The number of aromatic amines is 1. The minimum absolute atomic E-state index is 1.01. The van der Waals surface area contributed by atoms with Crippen LogP contribution in [0.1, 0.15) is 16.8 Å². The number of aromatic nitrogens is 3. The van der Waals surface area contributed by atoms with Gasteiger partial charge in [0.1, 0.15) is 5.65 Å². The fourth-order valence-corrected chi connectivity index (χ4v) is 3.64. The summed E-state index contributed by atoms with van der Waals surface area (Å²) in [5.41, 5.74) is 9.42. The van der Waals surface area contributed by atoms with Gasteiger partial charge in [-0.3, -0.25) is 4.40 Å². The number of rotatable bonds is 0. The summed E-state index contributed by atoms with van der Waals surface area (Å²) in [7, 11) is 0. The van der Waals surface area contributed by atoms with E-state index in [0.717, 1.165) is 11.2 Å². The molecule has 0 spiro atoms. The number of aryl methyl sites for hydroxylation is 3. The smallest absolute Gasteiger partial charge is 0.138 e. The maximum atomic E-state index is 4.86. The molecule has 0 aliphatic rings. The quantitative estimate of drug-likeness (QED) is 0.426. The lowest BCUT2D eigenvalue weighted by Gasteiger charge is -2.05. The zero-order chi connectivity index (χ0) is 15.7. The van der Waals surface area contributed by atoms with Gasteiger partial charge in [-0.15, -0.1) is 0 Å². The van der Waals surface area contributed by atoms with Gasteiger partial charge in [-0.1, -0.05) is 18.2 Å². The first kappa shape index (κ1) is 12.7. The number of hydrogen-bond acceptors (Lipinski definition) is 1. The van der Waals surface area contributed by atoms with Crippen molar-refractivity contribution in [3.8, 4) is 0 Å². The molecule has 3 heteroatoms. The van der Waals surface area contributed by atoms with Gasteiger partial charge in [0.2, 0.25) is 0 Å². The first-order valence-corrected chi connectivity index (χ1v) is 7.93. The van der Waals surface area contributed by atoms with Crippen molar-refractivity contribution in [1.29, 1.82) is 0 Å². The number of hydrogen-bond donors (Lipinski definition) is 1. The number of imidazole rings is 1. The van der Waals surface area contributed by atoms with Crippen LogP contribution in [0, 0.1) is 20.8 Å². The maximum absolute atomic E-state index is 4.86. The predicted octanol–water partition coefficient (Wildman–Crippen LogP) is 5.05. The molecule has 0 amide bonds. The van der Waals surface area contributed by atoms with E-state index in [-0.39, 0.29) is 0 Å². The average molecular weight is 299 g/mol. The largest absolute Gasteiger partial charge is 0.353 e. The standard InChI is InChI=1S/C20H17N3/c1-11-8-17-18(9-12(11)2)23-13(3)20-15(10-19(23)21-17)14-6-4-5-7-16(14)22-20/h4-10,22H,1-3H3. The SMILES string of the molecule is Cc1cc2nc3cc4c([nH]c5ccccc54)c(C)n3c2cc1C. The molecule has 1 N–H and O–H groups in total. The van der Waals surface area contributed by atoms with Gasteiger partial charge in [-0.2, -0.15) is 0 Å². The van der Waals surface area contributed by atoms with E-state index < -0.39 is 0 Å². The van der Waals surface area contributed by atoms with Crippen LogP contribution in [-0.2, 0) is 0 Å². The Hall–Kier alpha value is -2.81. The van der Waals surface area contributed by atoms with E-state index in [4.69, 9.17) is 4.98 Å². The molecule has 0 atom stereocenters. The molecule has 3 nitrogen and oxygen atoms in total. The Morgan fingerprint density at radius 1 is 0.913 bits per heavy atom. The second-order valence-corrected chi connectivity index (χ2v) is 6.42. The van der Waals surface area contributed by atoms with Gasteiger partial charge in [-0.05, 0) is 56.2 Å². The molecule has 0 aliphatic heterocycles. The van der Waals surface area contributed by atoms with Crippen LogP contribution in [0.25, 0.3) is 38.5 Å². The molecule has 3 heterocycles. The fourth-order valence-electron chi connectivity index (χ4n) is 3.64. The second kappa shape index (κ2) is 4.13. The third-order valence-corrected chi connectivity index (χ3v) is 5.01. The molecule has 0 saturated heterocycles. The van der Waals surface area contributed by atoms with Crippen LogP contribution in [0.4, 0.5) is 0 Å². The number of H-pyrrole nitrogens is 1. The monoisotopic (exact) mass is 299 g/mol. The highest BCUT2D eigenvalue weighted by atomic mass is 15.0. The third kappa shape index (κ3) is 1.57. The van der Waals surface area contributed by atoms with E-state index in [1.165, 1.54) is 44.1 Å². The molecule has 3 aromatic heterocycles. The topological polar surface area (TPSA) is 33.1 Å². The van der Waals surface area contributed by atoms with Gasteiger partial charge in [-0.25, -0.2) is 4.98 Å². The lowest BCUT2D eigenvalue weighted by molar-refractivity contribution is 1.14. The van der Waals surface area contributed by atoms with Gasteiger partial charge in [0.25, 0.3) is 0 Å². The van der Waals surface area contributed by atoms with E-state index >= 15 is 0 Å². The Bertz CT molecular complexity index is 1240. The Morgan fingerprint density at radius 3 is 2.57 bits per heavy atom. The summed E-state index contributed by atoms with van der Waals surface area (Å²) in [6.07, 6.45) is 0. The van der Waals surface area contributed by atoms with Crippen molar-refractivity contribution in [3.63, 3.8) is 0 Å². The molecular formula is C20H17N3. The molecule has 0 unspecified atom stereocenters. The van der Waals surface area contributed by atoms with E-state index in [0.29, 0.717) is 0 Å². The summed E-state index contributed by atoms with van der Waals surface area (Å²) in [4.78, 5) is 8.43. The highest BCUT2D eigenvalue weighted by Crippen LogP contribution is 2.31. The minimum Gasteiger partial charge on any atom is -0.353 e. The van der Waals surface area contributed by atoms with Crippen molar-refractivity contribution in [2.24, 2.45) is 0 Å². The molecule has 0 aliphatic carbocycles. The van der Waals surface area contributed by atoms with Crippen LogP contribution in [0.15, 0.2) is 42.5 Å². The zero-order valence-electron chi connectivity index (χ0n) is 13.4. The van der Waals surface area contributed by atoms with Gasteiger partial charge in [0.05, 0.1) is 16.6 Å². The maximum Gasteiger partial charge on any atom is 0.138 e. The van der Waals surface area contributed by atoms with E-state index in [1.807, 2.05) is 0 Å². The lowest BCUT2D eigenvalue weighted by atomic mass is 10.1. The Balaban J connectivity index is 2.05. The van der Waals surface area contributed by atoms with Crippen LogP contribution in [0.2, 0.25) is 0 Å². The average Bonchev–Trinajstić information content (AvgIpc) is 3.07. The van der Waals surface area contributed by atoms with Crippen molar-refractivity contribution in [1.82, 2.24) is 14.4 Å². The van der Waals surface area contributed by atoms with Gasteiger partial charge < -0.3 is 4.98 Å². The van der Waals surface area contributed by atoms with Crippen molar-refractivity contribution >= 4 is 38.5 Å². The molecule has 2 aromatic carbocycles. The Labute approximate surface area is 133 Å². The molecule has 0 fully saturated rings. The van der Waals surface area contributed by atoms with Crippen molar-refractivity contribution in [2.75, 3.05) is 0 Å². The fraction of sp³-hybridized carbons (Fsp3) is 0.150. The first-order valence-electron chi connectivity index (χ1n) is 7.93. The highest BCUT2D eigenvalue weighted by Gasteiger charge is 2.14. The predicted molar refractivity (Wildman–Crippen MR) is 96.3 cm³/mol. The summed E-state index contributed by atoms with van der Waals surface area (Å²) in [5.74, 6) is 0. The van der Waals surface area contributed by atoms with Gasteiger partial charge in [0, 0.05) is 22.0 Å². The van der Waals surface area contributed by atoms with E-state index in [9.17, 15) is 0 Å².